The molecular weight excluding hydrogens is 488 g/mol. The Bertz CT molecular complexity index is 1530. The van der Waals surface area contributed by atoms with Gasteiger partial charge in [-0.05, 0) is 24.6 Å². The fourth-order valence-electron chi connectivity index (χ4n) is 5.00. The van der Waals surface area contributed by atoms with Crippen LogP contribution in [0.3, 0.4) is 0 Å². The summed E-state index contributed by atoms with van der Waals surface area (Å²) in [4.78, 5) is 35.7. The molecule has 8 nitrogen and oxygen atoms in total. The first-order valence-electron chi connectivity index (χ1n) is 12.0. The predicted molar refractivity (Wildman–Crippen MR) is 136 cm³/mol. The van der Waals surface area contributed by atoms with E-state index in [1.54, 1.807) is 4.40 Å². The highest BCUT2D eigenvalue weighted by Crippen LogP contribution is 2.32. The van der Waals surface area contributed by atoms with Crippen LogP contribution in [-0.4, -0.2) is 78.8 Å². The number of aromatic nitrogens is 2. The summed E-state index contributed by atoms with van der Waals surface area (Å²) in [6.07, 6.45) is -0.346. The molecule has 1 N–H and O–H groups in total. The Morgan fingerprint density at radius 2 is 2.03 bits per heavy atom. The van der Waals surface area contributed by atoms with Crippen LogP contribution in [0.2, 0.25) is 0 Å². The van der Waals surface area contributed by atoms with Crippen molar-refractivity contribution in [3.8, 4) is 0 Å². The van der Waals surface area contributed by atoms with Gasteiger partial charge < -0.3 is 15.0 Å². The standard InChI is InChI=1S/C25H25F2N5O3S/c26-15-5-7-30(14-15)8-6-28-24(34)20-21(33)16-13-17(27)23(31-9-11-35-12-10-31)29-22(16)32-18-3-1-2-4-19(18)36-25(20)32/h1-4,13,15H,5-12,14H2,(H,28,34)/t15-/m1/s1. The lowest BCUT2D eigenvalue weighted by molar-refractivity contribution is 0.0950. The Balaban J connectivity index is 1.47. The maximum absolute atomic E-state index is 15.2. The molecule has 188 valence electrons. The Morgan fingerprint density at radius 1 is 1.22 bits per heavy atom. The number of anilines is 1. The lowest BCUT2D eigenvalue weighted by Crippen LogP contribution is -2.38. The molecule has 0 unspecified atom stereocenters. The first-order chi connectivity index (χ1) is 17.5. The maximum Gasteiger partial charge on any atom is 0.258 e. The van der Waals surface area contributed by atoms with E-state index in [9.17, 15) is 14.0 Å². The third-order valence-corrected chi connectivity index (χ3v) is 7.96. The summed E-state index contributed by atoms with van der Waals surface area (Å²) in [5.41, 5.74) is 0.514. The molecule has 1 aromatic carbocycles. The largest absolute Gasteiger partial charge is 0.378 e. The number of benzene rings is 1. The van der Waals surface area contributed by atoms with Crippen LogP contribution >= 0.6 is 11.3 Å². The van der Waals surface area contributed by atoms with Gasteiger partial charge in [0.05, 0.1) is 28.8 Å². The predicted octanol–water partition coefficient (Wildman–Crippen LogP) is 2.81. The number of ether oxygens (including phenoxy) is 1. The summed E-state index contributed by atoms with van der Waals surface area (Å²) < 4.78 is 36.7. The van der Waals surface area contributed by atoms with Crippen LogP contribution in [0.5, 0.6) is 0 Å². The molecule has 11 heteroatoms. The zero-order valence-corrected chi connectivity index (χ0v) is 20.3. The number of rotatable bonds is 5. The molecule has 2 saturated heterocycles. The normalized spacial score (nSPS) is 19.1. The average molecular weight is 514 g/mol. The maximum atomic E-state index is 15.2. The zero-order chi connectivity index (χ0) is 24.8. The van der Waals surface area contributed by atoms with Crippen molar-refractivity contribution in [3.05, 3.63) is 51.9 Å². The Hall–Kier alpha value is -3.15. The van der Waals surface area contributed by atoms with E-state index >= 15 is 4.39 Å². The van der Waals surface area contributed by atoms with Crippen LogP contribution in [0.15, 0.2) is 35.1 Å². The number of alkyl halides is 1. The lowest BCUT2D eigenvalue weighted by atomic mass is 10.1. The number of carbonyl (C=O) groups excluding carboxylic acids is 1. The number of pyridine rings is 2. The summed E-state index contributed by atoms with van der Waals surface area (Å²) in [6.45, 7) is 3.71. The van der Waals surface area contributed by atoms with Gasteiger partial charge in [-0.3, -0.25) is 18.9 Å². The van der Waals surface area contributed by atoms with E-state index < -0.39 is 23.3 Å². The highest BCUT2D eigenvalue weighted by molar-refractivity contribution is 7.24. The molecule has 2 aliphatic rings. The number of amides is 1. The summed E-state index contributed by atoms with van der Waals surface area (Å²) >= 11 is 1.33. The van der Waals surface area contributed by atoms with Gasteiger partial charge in [0.2, 0.25) is 5.43 Å². The molecule has 5 heterocycles. The number of carbonyl (C=O) groups is 1. The van der Waals surface area contributed by atoms with Crippen LogP contribution in [0.25, 0.3) is 26.1 Å². The molecule has 3 aromatic heterocycles. The minimum Gasteiger partial charge on any atom is -0.378 e. The van der Waals surface area contributed by atoms with E-state index in [1.165, 1.54) is 17.4 Å². The molecule has 4 aromatic rings. The second-order valence-electron chi connectivity index (χ2n) is 9.12. The molecule has 1 atom stereocenters. The van der Waals surface area contributed by atoms with Crippen molar-refractivity contribution in [2.75, 3.05) is 57.4 Å². The number of morpholine rings is 1. The van der Waals surface area contributed by atoms with Crippen molar-refractivity contribution in [3.63, 3.8) is 0 Å². The number of fused-ring (bicyclic) bond motifs is 5. The van der Waals surface area contributed by atoms with E-state index in [-0.39, 0.29) is 23.3 Å². The first kappa shape index (κ1) is 23.3. The van der Waals surface area contributed by atoms with Crippen LogP contribution < -0.4 is 15.6 Å². The van der Waals surface area contributed by atoms with Gasteiger partial charge >= 0.3 is 0 Å². The van der Waals surface area contributed by atoms with Crippen molar-refractivity contribution in [1.82, 2.24) is 19.6 Å². The van der Waals surface area contributed by atoms with Gasteiger partial charge in [0.1, 0.15) is 16.6 Å². The molecule has 2 aliphatic heterocycles. The molecule has 6 rings (SSSR count). The molecule has 0 aliphatic carbocycles. The number of nitrogens with zero attached hydrogens (tertiary/aromatic N) is 4. The van der Waals surface area contributed by atoms with Crippen LogP contribution in [-0.2, 0) is 4.74 Å². The van der Waals surface area contributed by atoms with E-state index in [0.717, 1.165) is 10.2 Å². The number of para-hydroxylation sites is 1. The fourth-order valence-corrected chi connectivity index (χ4v) is 6.18. The molecule has 0 spiro atoms. The second-order valence-corrected chi connectivity index (χ2v) is 10.2. The second kappa shape index (κ2) is 9.38. The van der Waals surface area contributed by atoms with Gasteiger partial charge in [0.25, 0.3) is 5.91 Å². The van der Waals surface area contributed by atoms with Gasteiger partial charge in [0.15, 0.2) is 17.3 Å². The Labute approximate surface area is 209 Å². The third-order valence-electron chi connectivity index (χ3n) is 6.82. The van der Waals surface area contributed by atoms with Crippen LogP contribution in [0.1, 0.15) is 16.8 Å². The van der Waals surface area contributed by atoms with Crippen molar-refractivity contribution in [1.29, 1.82) is 0 Å². The van der Waals surface area contributed by atoms with Crippen molar-refractivity contribution in [2.45, 2.75) is 12.6 Å². The van der Waals surface area contributed by atoms with Crippen LogP contribution in [0.4, 0.5) is 14.6 Å². The number of halogens is 2. The van der Waals surface area contributed by atoms with Gasteiger partial charge in [-0.25, -0.2) is 13.8 Å². The SMILES string of the molecule is O=C(NCCN1CC[C@@H](F)C1)c1c(=O)c2cc(F)c(N3CCOCC3)nc2n2c1sc1ccccc12. The molecule has 36 heavy (non-hydrogen) atoms. The topological polar surface area (TPSA) is 79.2 Å². The Morgan fingerprint density at radius 3 is 2.81 bits per heavy atom. The third kappa shape index (κ3) is 4.00. The highest BCUT2D eigenvalue weighted by Gasteiger charge is 2.26. The smallest absolute Gasteiger partial charge is 0.258 e. The average Bonchev–Trinajstić information content (AvgIpc) is 3.47. The van der Waals surface area contributed by atoms with Gasteiger partial charge in [0, 0.05) is 39.3 Å². The monoisotopic (exact) mass is 513 g/mol. The minimum absolute atomic E-state index is 0.0335. The first-order valence-corrected chi connectivity index (χ1v) is 12.9. The van der Waals surface area contributed by atoms with E-state index in [4.69, 9.17) is 4.74 Å². The number of nitrogens with one attached hydrogen (secondary N) is 1. The summed E-state index contributed by atoms with van der Waals surface area (Å²) in [7, 11) is 0. The zero-order valence-electron chi connectivity index (χ0n) is 19.5. The molecule has 0 bridgehead atoms. The summed E-state index contributed by atoms with van der Waals surface area (Å²) in [6, 6.07) is 8.76. The molecule has 0 saturated carbocycles. The summed E-state index contributed by atoms with van der Waals surface area (Å²) in [5.74, 6) is -0.968. The van der Waals surface area contributed by atoms with Gasteiger partial charge in [-0.15, -0.1) is 11.3 Å². The number of thiazole rings is 1. The van der Waals surface area contributed by atoms with Crippen LogP contribution in [0, 0.1) is 5.82 Å². The van der Waals surface area contributed by atoms with E-state index in [2.05, 4.69) is 10.3 Å². The molecular formula is C25H25F2N5O3S. The van der Waals surface area contributed by atoms with Gasteiger partial charge in [-0.2, -0.15) is 0 Å². The molecule has 2 fully saturated rings. The van der Waals surface area contributed by atoms with E-state index in [0.29, 0.717) is 62.8 Å². The molecule has 0 radical (unpaired) electrons. The van der Waals surface area contributed by atoms with Gasteiger partial charge in [-0.1, -0.05) is 12.1 Å². The fraction of sp³-hybridized carbons (Fsp3) is 0.400. The number of hydrogen-bond donors (Lipinski definition) is 1. The number of hydrogen-bond acceptors (Lipinski definition) is 7. The minimum atomic E-state index is -0.839. The molecule has 1 amide bonds. The van der Waals surface area contributed by atoms with Crippen molar-refractivity contribution >= 4 is 49.1 Å². The Kier molecular flexibility index (Phi) is 6.06. The van der Waals surface area contributed by atoms with Crippen molar-refractivity contribution < 1.29 is 18.3 Å². The quantitative estimate of drug-likeness (QED) is 0.442. The summed E-state index contributed by atoms with van der Waals surface area (Å²) in [5, 5.41) is 2.87. The number of likely N-dealkylation sites (tertiary alicyclic amines) is 1. The highest BCUT2D eigenvalue weighted by atomic mass is 32.1. The van der Waals surface area contributed by atoms with Crippen molar-refractivity contribution in [2.24, 2.45) is 0 Å². The lowest BCUT2D eigenvalue weighted by Gasteiger charge is -2.28. The van der Waals surface area contributed by atoms with E-state index in [1.807, 2.05) is 34.1 Å².